The number of pyridine rings is 1. The van der Waals surface area contributed by atoms with Crippen molar-refractivity contribution < 1.29 is 4.21 Å². The molecule has 1 aliphatic rings. The van der Waals surface area contributed by atoms with Crippen LogP contribution in [0, 0.1) is 11.3 Å². The van der Waals surface area contributed by atoms with Gasteiger partial charge in [-0.15, -0.1) is 0 Å². The zero-order valence-corrected chi connectivity index (χ0v) is 10.4. The first kappa shape index (κ1) is 12.2. The van der Waals surface area contributed by atoms with Crippen molar-refractivity contribution in [3.05, 3.63) is 23.9 Å². The van der Waals surface area contributed by atoms with E-state index in [-0.39, 0.29) is 0 Å². The minimum absolute atomic E-state index is 0.317. The lowest BCUT2D eigenvalue weighted by atomic mass is 10.1. The molecule has 5 heteroatoms. The summed E-state index contributed by atoms with van der Waals surface area (Å²) in [7, 11) is -1.12. The summed E-state index contributed by atoms with van der Waals surface area (Å²) in [5.41, 5.74) is 0.514. The summed E-state index contributed by atoms with van der Waals surface area (Å²) in [4.78, 5) is 4.07. The van der Waals surface area contributed by atoms with E-state index in [0.717, 1.165) is 13.0 Å². The van der Waals surface area contributed by atoms with E-state index in [0.29, 0.717) is 22.4 Å². The normalized spacial score (nSPS) is 21.7. The summed E-state index contributed by atoms with van der Waals surface area (Å²) in [6.45, 7) is 1.01. The largest absolute Gasteiger partial charge is 0.313 e. The molecule has 2 atom stereocenters. The number of nitrogens with zero attached hydrogens (tertiary/aromatic N) is 2. The SMILES string of the molecule is N#Cc1ccnc([S@](=O)C[C@H]2CCCCN2)c1. The van der Waals surface area contributed by atoms with Crippen molar-refractivity contribution in [3.8, 4) is 6.07 Å². The third kappa shape index (κ3) is 3.35. The van der Waals surface area contributed by atoms with E-state index in [1.165, 1.54) is 12.8 Å². The van der Waals surface area contributed by atoms with Crippen LogP contribution in [0.15, 0.2) is 23.4 Å². The fourth-order valence-electron chi connectivity index (χ4n) is 1.94. The van der Waals surface area contributed by atoms with Crippen LogP contribution in [-0.2, 0) is 10.8 Å². The van der Waals surface area contributed by atoms with E-state index in [1.54, 1.807) is 18.3 Å². The molecule has 1 N–H and O–H groups in total. The maximum atomic E-state index is 12.1. The second-order valence-electron chi connectivity index (χ2n) is 4.15. The summed E-state index contributed by atoms with van der Waals surface area (Å²) >= 11 is 0. The van der Waals surface area contributed by atoms with Crippen LogP contribution in [0.2, 0.25) is 0 Å². The van der Waals surface area contributed by atoms with Crippen LogP contribution in [0.25, 0.3) is 0 Å². The Balaban J connectivity index is 2.01. The first-order valence-corrected chi connectivity index (χ1v) is 7.09. The fourth-order valence-corrected chi connectivity index (χ4v) is 3.20. The van der Waals surface area contributed by atoms with Crippen LogP contribution in [0.5, 0.6) is 0 Å². The van der Waals surface area contributed by atoms with Gasteiger partial charge in [-0.25, -0.2) is 4.98 Å². The summed E-state index contributed by atoms with van der Waals surface area (Å²) in [6, 6.07) is 5.59. The van der Waals surface area contributed by atoms with Gasteiger partial charge in [-0.3, -0.25) is 4.21 Å². The second-order valence-corrected chi connectivity index (χ2v) is 5.60. The highest BCUT2D eigenvalue weighted by Gasteiger charge is 2.17. The van der Waals surface area contributed by atoms with Gasteiger partial charge in [0.1, 0.15) is 5.03 Å². The van der Waals surface area contributed by atoms with Gasteiger partial charge in [-0.1, -0.05) is 6.42 Å². The standard InChI is InChI=1S/C12H15N3OS/c13-8-10-4-6-15-12(7-10)17(16)9-11-3-1-2-5-14-11/h4,6-7,11,14H,1-3,5,9H2/t11-,17-/m1/s1. The number of nitrogens with one attached hydrogen (secondary N) is 1. The van der Waals surface area contributed by atoms with Crippen LogP contribution in [0.4, 0.5) is 0 Å². The minimum atomic E-state index is -1.12. The third-order valence-corrected chi connectivity index (χ3v) is 4.26. The summed E-state index contributed by atoms with van der Waals surface area (Å²) < 4.78 is 12.1. The second kappa shape index (κ2) is 5.89. The smallest absolute Gasteiger partial charge is 0.128 e. The molecule has 90 valence electrons. The Labute approximate surface area is 104 Å². The number of aromatic nitrogens is 1. The number of rotatable bonds is 3. The van der Waals surface area contributed by atoms with Gasteiger partial charge in [0.05, 0.1) is 22.4 Å². The molecule has 17 heavy (non-hydrogen) atoms. The maximum Gasteiger partial charge on any atom is 0.128 e. The molecule has 2 heterocycles. The zero-order chi connectivity index (χ0) is 12.1. The van der Waals surface area contributed by atoms with Crippen molar-refractivity contribution in [1.29, 1.82) is 5.26 Å². The van der Waals surface area contributed by atoms with Crippen LogP contribution >= 0.6 is 0 Å². The molecule has 0 spiro atoms. The lowest BCUT2D eigenvalue weighted by Crippen LogP contribution is -2.38. The maximum absolute atomic E-state index is 12.1. The first-order chi connectivity index (χ1) is 8.29. The average molecular weight is 249 g/mol. The highest BCUT2D eigenvalue weighted by atomic mass is 32.2. The third-order valence-electron chi connectivity index (χ3n) is 2.86. The van der Waals surface area contributed by atoms with Gasteiger partial charge in [-0.05, 0) is 31.5 Å². The molecule has 4 nitrogen and oxygen atoms in total. The molecule has 1 aliphatic heterocycles. The van der Waals surface area contributed by atoms with E-state index in [2.05, 4.69) is 10.3 Å². The van der Waals surface area contributed by atoms with Crippen molar-refractivity contribution in [1.82, 2.24) is 10.3 Å². The van der Waals surface area contributed by atoms with Gasteiger partial charge in [0.15, 0.2) is 0 Å². The Morgan fingerprint density at radius 2 is 2.47 bits per heavy atom. The van der Waals surface area contributed by atoms with E-state index in [9.17, 15) is 4.21 Å². The van der Waals surface area contributed by atoms with Crippen LogP contribution in [0.3, 0.4) is 0 Å². The number of piperidine rings is 1. The molecule has 1 saturated heterocycles. The highest BCUT2D eigenvalue weighted by molar-refractivity contribution is 7.85. The molecule has 2 rings (SSSR count). The Kier molecular flexibility index (Phi) is 4.24. The van der Waals surface area contributed by atoms with Gasteiger partial charge in [0, 0.05) is 18.0 Å². The van der Waals surface area contributed by atoms with E-state index in [4.69, 9.17) is 5.26 Å². The topological polar surface area (TPSA) is 65.8 Å². The Hall–Kier alpha value is -1.25. The molecule has 0 radical (unpaired) electrons. The van der Waals surface area contributed by atoms with Crippen molar-refractivity contribution in [2.24, 2.45) is 0 Å². The molecule has 0 saturated carbocycles. The van der Waals surface area contributed by atoms with Gasteiger partial charge in [-0.2, -0.15) is 5.26 Å². The molecule has 0 unspecified atom stereocenters. The number of hydrogen-bond donors (Lipinski definition) is 1. The van der Waals surface area contributed by atoms with Crippen LogP contribution in [0.1, 0.15) is 24.8 Å². The van der Waals surface area contributed by atoms with Gasteiger partial charge in [0.25, 0.3) is 0 Å². The Morgan fingerprint density at radius 1 is 1.59 bits per heavy atom. The Morgan fingerprint density at radius 3 is 3.18 bits per heavy atom. The number of nitriles is 1. The lowest BCUT2D eigenvalue weighted by Gasteiger charge is -2.22. The van der Waals surface area contributed by atoms with Gasteiger partial charge in [0.2, 0.25) is 0 Å². The van der Waals surface area contributed by atoms with Gasteiger partial charge < -0.3 is 5.32 Å². The molecule has 1 aromatic heterocycles. The molecule has 0 aliphatic carbocycles. The van der Waals surface area contributed by atoms with Crippen LogP contribution < -0.4 is 5.32 Å². The van der Waals surface area contributed by atoms with E-state index >= 15 is 0 Å². The van der Waals surface area contributed by atoms with Crippen molar-refractivity contribution in [2.75, 3.05) is 12.3 Å². The summed E-state index contributed by atoms with van der Waals surface area (Å²) in [5, 5.41) is 12.6. The minimum Gasteiger partial charge on any atom is -0.313 e. The predicted molar refractivity (Wildman–Crippen MR) is 65.9 cm³/mol. The van der Waals surface area contributed by atoms with Crippen molar-refractivity contribution >= 4 is 10.8 Å². The lowest BCUT2D eigenvalue weighted by molar-refractivity contribution is 0.427. The van der Waals surface area contributed by atoms with Crippen LogP contribution in [-0.4, -0.2) is 27.5 Å². The summed E-state index contributed by atoms with van der Waals surface area (Å²) in [5.74, 6) is 0.585. The molecule has 1 aromatic rings. The molecular formula is C12H15N3OS. The zero-order valence-electron chi connectivity index (χ0n) is 9.56. The van der Waals surface area contributed by atoms with Crippen molar-refractivity contribution in [2.45, 2.75) is 30.3 Å². The molecule has 0 bridgehead atoms. The highest BCUT2D eigenvalue weighted by Crippen LogP contribution is 2.12. The fraction of sp³-hybridized carbons (Fsp3) is 0.500. The Bertz CT molecular complexity index is 449. The first-order valence-electron chi connectivity index (χ1n) is 5.77. The van der Waals surface area contributed by atoms with E-state index < -0.39 is 10.8 Å². The quantitative estimate of drug-likeness (QED) is 0.874. The summed E-state index contributed by atoms with van der Waals surface area (Å²) in [6.07, 6.45) is 5.01. The number of hydrogen-bond acceptors (Lipinski definition) is 4. The molecular weight excluding hydrogens is 234 g/mol. The van der Waals surface area contributed by atoms with Gasteiger partial charge >= 0.3 is 0 Å². The predicted octanol–water partition coefficient (Wildman–Crippen LogP) is 1.20. The monoisotopic (exact) mass is 249 g/mol. The van der Waals surface area contributed by atoms with Crippen molar-refractivity contribution in [3.63, 3.8) is 0 Å². The molecule has 1 fully saturated rings. The molecule has 0 aromatic carbocycles. The molecule has 0 amide bonds. The van der Waals surface area contributed by atoms with E-state index in [1.807, 2.05) is 6.07 Å². The average Bonchev–Trinajstić information content (AvgIpc) is 2.40.